The molecule has 1 saturated carbocycles. The topological polar surface area (TPSA) is 61.9 Å². The van der Waals surface area contributed by atoms with Gasteiger partial charge >= 0.3 is 0 Å². The van der Waals surface area contributed by atoms with Crippen LogP contribution < -0.4 is 5.32 Å². The van der Waals surface area contributed by atoms with Crippen molar-refractivity contribution in [1.29, 1.82) is 5.26 Å². The van der Waals surface area contributed by atoms with Crippen LogP contribution in [0.3, 0.4) is 0 Å². The second kappa shape index (κ2) is 5.87. The maximum absolute atomic E-state index is 9.33. The van der Waals surface area contributed by atoms with Crippen molar-refractivity contribution in [2.45, 2.75) is 58.0 Å². The zero-order valence-corrected chi connectivity index (χ0v) is 12.6. The Labute approximate surface area is 125 Å². The van der Waals surface area contributed by atoms with Crippen molar-refractivity contribution in [2.24, 2.45) is 0 Å². The fraction of sp³-hybridized carbons (Fsp3) is 0.529. The van der Waals surface area contributed by atoms with Gasteiger partial charge in [-0.3, -0.25) is 0 Å². The lowest BCUT2D eigenvalue weighted by Crippen LogP contribution is -2.25. The minimum absolute atomic E-state index is 0.226. The Bertz CT molecular complexity index is 675. The predicted molar refractivity (Wildman–Crippen MR) is 81.9 cm³/mol. The van der Waals surface area contributed by atoms with Gasteiger partial charge in [-0.25, -0.2) is 4.98 Å². The van der Waals surface area contributed by atoms with Gasteiger partial charge < -0.3 is 9.73 Å². The number of hydrogen-bond acceptors (Lipinski definition) is 4. The van der Waals surface area contributed by atoms with Gasteiger partial charge in [0.2, 0.25) is 0 Å². The third-order valence-corrected chi connectivity index (χ3v) is 4.13. The van der Waals surface area contributed by atoms with Gasteiger partial charge in [0.05, 0.1) is 5.56 Å². The molecule has 1 aromatic carbocycles. The van der Waals surface area contributed by atoms with E-state index >= 15 is 0 Å². The molecular weight excluding hydrogens is 262 g/mol. The Morgan fingerprint density at radius 2 is 2.14 bits per heavy atom. The van der Waals surface area contributed by atoms with Crippen LogP contribution in [0.15, 0.2) is 16.5 Å². The minimum atomic E-state index is 0.226. The van der Waals surface area contributed by atoms with E-state index in [1.807, 2.05) is 26.0 Å². The Morgan fingerprint density at radius 1 is 1.38 bits per heavy atom. The second-order valence-electron chi connectivity index (χ2n) is 6.17. The SMILES string of the molecule is CC(C)c1nc2cc(CNC3CCCC3)cc(C#N)c2o1. The summed E-state index contributed by atoms with van der Waals surface area (Å²) in [6.45, 7) is 4.87. The molecule has 0 saturated heterocycles. The highest BCUT2D eigenvalue weighted by molar-refractivity contribution is 5.80. The maximum atomic E-state index is 9.33. The smallest absolute Gasteiger partial charge is 0.198 e. The largest absolute Gasteiger partial charge is 0.439 e. The lowest BCUT2D eigenvalue weighted by molar-refractivity contribution is 0.500. The highest BCUT2D eigenvalue weighted by Gasteiger charge is 2.16. The number of rotatable bonds is 4. The fourth-order valence-electron chi connectivity index (χ4n) is 2.93. The molecule has 1 aromatic heterocycles. The molecule has 1 fully saturated rings. The number of aromatic nitrogens is 1. The first-order valence-corrected chi connectivity index (χ1v) is 7.74. The van der Waals surface area contributed by atoms with Crippen molar-refractivity contribution >= 4 is 11.1 Å². The van der Waals surface area contributed by atoms with Crippen LogP contribution in [0.2, 0.25) is 0 Å². The van der Waals surface area contributed by atoms with E-state index in [9.17, 15) is 5.26 Å². The van der Waals surface area contributed by atoms with Crippen LogP contribution in [-0.2, 0) is 6.54 Å². The number of nitriles is 1. The van der Waals surface area contributed by atoms with Crippen LogP contribution in [-0.4, -0.2) is 11.0 Å². The monoisotopic (exact) mass is 283 g/mol. The average molecular weight is 283 g/mol. The quantitative estimate of drug-likeness (QED) is 0.925. The van der Waals surface area contributed by atoms with Crippen molar-refractivity contribution in [3.05, 3.63) is 29.2 Å². The molecule has 21 heavy (non-hydrogen) atoms. The third kappa shape index (κ3) is 2.93. The first-order valence-electron chi connectivity index (χ1n) is 7.74. The van der Waals surface area contributed by atoms with E-state index in [2.05, 4.69) is 16.4 Å². The van der Waals surface area contributed by atoms with Crippen LogP contribution >= 0.6 is 0 Å². The summed E-state index contributed by atoms with van der Waals surface area (Å²) in [6.07, 6.45) is 5.16. The number of oxazole rings is 1. The molecule has 1 aliphatic rings. The van der Waals surface area contributed by atoms with Gasteiger partial charge in [0, 0.05) is 18.5 Å². The van der Waals surface area contributed by atoms with Crippen LogP contribution in [0.4, 0.5) is 0 Å². The van der Waals surface area contributed by atoms with E-state index in [4.69, 9.17) is 4.42 Å². The molecule has 0 spiro atoms. The van der Waals surface area contributed by atoms with E-state index < -0.39 is 0 Å². The van der Waals surface area contributed by atoms with Crippen LogP contribution in [0, 0.1) is 11.3 Å². The van der Waals surface area contributed by atoms with Gasteiger partial charge in [-0.2, -0.15) is 5.26 Å². The van der Waals surface area contributed by atoms with Crippen molar-refractivity contribution in [2.75, 3.05) is 0 Å². The number of fused-ring (bicyclic) bond motifs is 1. The normalized spacial score (nSPS) is 15.9. The summed E-state index contributed by atoms with van der Waals surface area (Å²) >= 11 is 0. The van der Waals surface area contributed by atoms with Crippen molar-refractivity contribution in [3.63, 3.8) is 0 Å². The van der Waals surface area contributed by atoms with E-state index in [-0.39, 0.29) is 5.92 Å². The molecule has 2 aromatic rings. The molecule has 0 amide bonds. The Hall–Kier alpha value is -1.86. The maximum Gasteiger partial charge on any atom is 0.198 e. The first kappa shape index (κ1) is 14.1. The van der Waals surface area contributed by atoms with Crippen LogP contribution in [0.25, 0.3) is 11.1 Å². The minimum Gasteiger partial charge on any atom is -0.439 e. The van der Waals surface area contributed by atoms with E-state index in [1.165, 1.54) is 25.7 Å². The summed E-state index contributed by atoms with van der Waals surface area (Å²) in [4.78, 5) is 4.52. The van der Waals surface area contributed by atoms with E-state index in [0.29, 0.717) is 23.1 Å². The molecule has 3 rings (SSSR count). The molecular formula is C17H21N3O. The summed E-state index contributed by atoms with van der Waals surface area (Å²) in [5.41, 5.74) is 3.09. The van der Waals surface area contributed by atoms with Crippen LogP contribution in [0.1, 0.15) is 62.5 Å². The zero-order valence-electron chi connectivity index (χ0n) is 12.6. The summed E-state index contributed by atoms with van der Waals surface area (Å²) in [6, 6.07) is 6.80. The number of hydrogen-bond donors (Lipinski definition) is 1. The molecule has 0 atom stereocenters. The number of nitrogens with one attached hydrogen (secondary N) is 1. The Morgan fingerprint density at radius 3 is 2.81 bits per heavy atom. The van der Waals surface area contributed by atoms with E-state index in [1.54, 1.807) is 0 Å². The van der Waals surface area contributed by atoms with Crippen molar-refractivity contribution in [3.8, 4) is 6.07 Å². The number of nitrogens with zero attached hydrogens (tertiary/aromatic N) is 2. The molecule has 1 aliphatic carbocycles. The van der Waals surface area contributed by atoms with E-state index in [0.717, 1.165) is 17.6 Å². The fourth-order valence-corrected chi connectivity index (χ4v) is 2.93. The summed E-state index contributed by atoms with van der Waals surface area (Å²) in [7, 11) is 0. The Kier molecular flexibility index (Phi) is 3.94. The highest BCUT2D eigenvalue weighted by Crippen LogP contribution is 2.26. The standard InChI is InChI=1S/C17H21N3O/c1-11(2)17-20-15-8-12(7-13(9-18)16(15)21-17)10-19-14-5-3-4-6-14/h7-8,11,14,19H,3-6,10H2,1-2H3. The molecule has 0 bridgehead atoms. The molecule has 0 radical (unpaired) electrons. The van der Waals surface area contributed by atoms with Gasteiger partial charge in [0.25, 0.3) is 0 Å². The highest BCUT2D eigenvalue weighted by atomic mass is 16.3. The van der Waals surface area contributed by atoms with Crippen molar-refractivity contribution < 1.29 is 4.42 Å². The average Bonchev–Trinajstić information content (AvgIpc) is 3.13. The molecule has 0 unspecified atom stereocenters. The third-order valence-electron chi connectivity index (χ3n) is 4.13. The molecule has 4 heteroatoms. The van der Waals surface area contributed by atoms with Crippen LogP contribution in [0.5, 0.6) is 0 Å². The van der Waals surface area contributed by atoms with Gasteiger partial charge in [-0.1, -0.05) is 26.7 Å². The molecule has 1 N–H and O–H groups in total. The second-order valence-corrected chi connectivity index (χ2v) is 6.17. The van der Waals surface area contributed by atoms with Gasteiger partial charge in [0.15, 0.2) is 11.5 Å². The lowest BCUT2D eigenvalue weighted by atomic mass is 10.1. The van der Waals surface area contributed by atoms with Crippen molar-refractivity contribution in [1.82, 2.24) is 10.3 Å². The van der Waals surface area contributed by atoms with Gasteiger partial charge in [-0.15, -0.1) is 0 Å². The summed E-state index contributed by atoms with van der Waals surface area (Å²) < 4.78 is 5.73. The molecule has 4 nitrogen and oxygen atoms in total. The first-order chi connectivity index (χ1) is 10.2. The Balaban J connectivity index is 1.87. The van der Waals surface area contributed by atoms with Gasteiger partial charge in [-0.05, 0) is 30.5 Å². The predicted octanol–water partition coefficient (Wildman–Crippen LogP) is 3.86. The van der Waals surface area contributed by atoms with Gasteiger partial charge in [0.1, 0.15) is 11.6 Å². The molecule has 110 valence electrons. The molecule has 1 heterocycles. The zero-order chi connectivity index (χ0) is 14.8. The summed E-state index contributed by atoms with van der Waals surface area (Å²) in [5.74, 6) is 0.923. The lowest BCUT2D eigenvalue weighted by Gasteiger charge is -2.11. The summed E-state index contributed by atoms with van der Waals surface area (Å²) in [5, 5.41) is 12.9. The molecule has 0 aliphatic heterocycles. The number of benzene rings is 1.